The molecule has 0 bridgehead atoms. The summed E-state index contributed by atoms with van der Waals surface area (Å²) in [7, 11) is 2.08. The highest BCUT2D eigenvalue weighted by molar-refractivity contribution is 6.32. The number of hydrogen-bond donors (Lipinski definition) is 0. The summed E-state index contributed by atoms with van der Waals surface area (Å²) in [5, 5.41) is 0. The van der Waals surface area contributed by atoms with Crippen LogP contribution in [0, 0.1) is 0 Å². The third-order valence-corrected chi connectivity index (χ3v) is 3.66. The van der Waals surface area contributed by atoms with Crippen LogP contribution in [0.3, 0.4) is 0 Å². The average molecular weight is 323 g/mol. The van der Waals surface area contributed by atoms with Crippen LogP contribution >= 0.6 is 0 Å². The molecule has 0 aromatic heterocycles. The molecular formula is C20H26BNO2. The summed E-state index contributed by atoms with van der Waals surface area (Å²) in [4.78, 5) is 14.3. The van der Waals surface area contributed by atoms with Crippen molar-refractivity contribution in [3.05, 3.63) is 65.7 Å². The van der Waals surface area contributed by atoms with Gasteiger partial charge in [0.05, 0.1) is 0 Å². The van der Waals surface area contributed by atoms with Crippen molar-refractivity contribution in [3.8, 4) is 0 Å². The van der Waals surface area contributed by atoms with Crippen LogP contribution in [0.25, 0.3) is 0 Å². The molecule has 0 aliphatic rings. The Balaban J connectivity index is 2.06. The van der Waals surface area contributed by atoms with Gasteiger partial charge in [-0.2, -0.15) is 0 Å². The summed E-state index contributed by atoms with van der Waals surface area (Å²) in [6, 6.07) is 18.5. The SMILES string of the molecule is Bc1ccc(CCN(Cc2ccccc2)C(=O)OC(C)(C)C)cc1. The highest BCUT2D eigenvalue weighted by atomic mass is 16.6. The van der Waals surface area contributed by atoms with Gasteiger partial charge in [-0.1, -0.05) is 60.1 Å². The van der Waals surface area contributed by atoms with Gasteiger partial charge in [0.25, 0.3) is 0 Å². The Kier molecular flexibility index (Phi) is 6.07. The zero-order chi connectivity index (χ0) is 17.6. The molecule has 126 valence electrons. The van der Waals surface area contributed by atoms with E-state index in [1.54, 1.807) is 4.90 Å². The molecule has 0 unspecified atom stereocenters. The minimum Gasteiger partial charge on any atom is -0.444 e. The van der Waals surface area contributed by atoms with Crippen LogP contribution < -0.4 is 5.46 Å². The van der Waals surface area contributed by atoms with Gasteiger partial charge in [0.15, 0.2) is 0 Å². The maximum Gasteiger partial charge on any atom is 0.410 e. The third-order valence-electron chi connectivity index (χ3n) is 3.66. The zero-order valence-corrected chi connectivity index (χ0v) is 15.1. The second-order valence-electron chi connectivity index (χ2n) is 7.12. The summed E-state index contributed by atoms with van der Waals surface area (Å²) in [6.07, 6.45) is 0.547. The Morgan fingerprint density at radius 1 is 1.00 bits per heavy atom. The highest BCUT2D eigenvalue weighted by Crippen LogP contribution is 2.13. The van der Waals surface area contributed by atoms with Gasteiger partial charge in [0.2, 0.25) is 0 Å². The van der Waals surface area contributed by atoms with Gasteiger partial charge in [0.1, 0.15) is 13.4 Å². The van der Waals surface area contributed by atoms with Gasteiger partial charge >= 0.3 is 6.09 Å². The molecule has 24 heavy (non-hydrogen) atoms. The third kappa shape index (κ3) is 6.11. The summed E-state index contributed by atoms with van der Waals surface area (Å²) in [5.74, 6) is 0. The second kappa shape index (κ2) is 8.05. The normalized spacial score (nSPS) is 11.1. The molecule has 0 aliphatic carbocycles. The fourth-order valence-electron chi connectivity index (χ4n) is 2.38. The van der Waals surface area contributed by atoms with Crippen molar-refractivity contribution in [3.63, 3.8) is 0 Å². The number of nitrogens with zero attached hydrogens (tertiary/aromatic N) is 1. The Hall–Kier alpha value is -2.23. The first-order valence-corrected chi connectivity index (χ1v) is 8.41. The number of carbonyl (C=O) groups is 1. The summed E-state index contributed by atoms with van der Waals surface area (Å²) < 4.78 is 5.57. The largest absolute Gasteiger partial charge is 0.444 e. The topological polar surface area (TPSA) is 29.5 Å². The molecule has 0 saturated heterocycles. The summed E-state index contributed by atoms with van der Waals surface area (Å²) in [5.41, 5.74) is 3.08. The van der Waals surface area contributed by atoms with Crippen molar-refractivity contribution in [2.24, 2.45) is 0 Å². The van der Waals surface area contributed by atoms with E-state index in [0.717, 1.165) is 12.0 Å². The van der Waals surface area contributed by atoms with Crippen molar-refractivity contribution in [1.82, 2.24) is 4.90 Å². The molecule has 2 rings (SSSR count). The molecule has 4 heteroatoms. The Morgan fingerprint density at radius 3 is 2.21 bits per heavy atom. The number of carbonyl (C=O) groups excluding carboxylic acids is 1. The molecule has 0 radical (unpaired) electrons. The fourth-order valence-corrected chi connectivity index (χ4v) is 2.38. The van der Waals surface area contributed by atoms with E-state index in [-0.39, 0.29) is 6.09 Å². The van der Waals surface area contributed by atoms with E-state index in [1.807, 2.05) is 51.1 Å². The predicted octanol–water partition coefficient (Wildman–Crippen LogP) is 2.92. The molecule has 0 heterocycles. The van der Waals surface area contributed by atoms with E-state index in [2.05, 4.69) is 32.1 Å². The first-order chi connectivity index (χ1) is 11.3. The van der Waals surface area contributed by atoms with Gasteiger partial charge < -0.3 is 9.64 Å². The molecule has 0 atom stereocenters. The van der Waals surface area contributed by atoms with Crippen molar-refractivity contribution in [2.45, 2.75) is 39.3 Å². The number of rotatable bonds is 5. The minimum absolute atomic E-state index is 0.265. The molecule has 0 saturated carbocycles. The Bertz CT molecular complexity index is 648. The second-order valence-corrected chi connectivity index (χ2v) is 7.12. The number of hydrogen-bond acceptors (Lipinski definition) is 2. The lowest BCUT2D eigenvalue weighted by molar-refractivity contribution is 0.0236. The predicted molar refractivity (Wildman–Crippen MR) is 101 cm³/mol. The van der Waals surface area contributed by atoms with Crippen molar-refractivity contribution in [1.29, 1.82) is 0 Å². The lowest BCUT2D eigenvalue weighted by atomic mass is 9.95. The van der Waals surface area contributed by atoms with Gasteiger partial charge in [0, 0.05) is 13.1 Å². The quantitative estimate of drug-likeness (QED) is 0.792. The maximum absolute atomic E-state index is 12.5. The van der Waals surface area contributed by atoms with E-state index in [9.17, 15) is 4.79 Å². The minimum atomic E-state index is -0.490. The Labute approximate surface area is 146 Å². The van der Waals surface area contributed by atoms with Crippen molar-refractivity contribution >= 4 is 19.4 Å². The average Bonchev–Trinajstić information content (AvgIpc) is 2.52. The van der Waals surface area contributed by atoms with Crippen LogP contribution in [-0.2, 0) is 17.7 Å². The van der Waals surface area contributed by atoms with Crippen LogP contribution in [0.15, 0.2) is 54.6 Å². The molecule has 3 nitrogen and oxygen atoms in total. The highest BCUT2D eigenvalue weighted by Gasteiger charge is 2.22. The van der Waals surface area contributed by atoms with E-state index in [4.69, 9.17) is 4.74 Å². The summed E-state index contributed by atoms with van der Waals surface area (Å²) >= 11 is 0. The van der Waals surface area contributed by atoms with E-state index < -0.39 is 5.60 Å². The van der Waals surface area contributed by atoms with Crippen LogP contribution in [-0.4, -0.2) is 31.0 Å². The zero-order valence-electron chi connectivity index (χ0n) is 15.1. The van der Waals surface area contributed by atoms with Crippen LogP contribution in [0.2, 0.25) is 0 Å². The lowest BCUT2D eigenvalue weighted by Gasteiger charge is -2.27. The number of amides is 1. The van der Waals surface area contributed by atoms with Crippen molar-refractivity contribution in [2.75, 3.05) is 6.54 Å². The van der Waals surface area contributed by atoms with E-state index in [0.29, 0.717) is 13.1 Å². The molecular weight excluding hydrogens is 297 g/mol. The number of benzene rings is 2. The van der Waals surface area contributed by atoms with E-state index >= 15 is 0 Å². The molecule has 0 fully saturated rings. The van der Waals surface area contributed by atoms with Gasteiger partial charge in [-0.3, -0.25) is 0 Å². The molecule has 0 aliphatic heterocycles. The van der Waals surface area contributed by atoms with Crippen molar-refractivity contribution < 1.29 is 9.53 Å². The molecule has 1 amide bonds. The van der Waals surface area contributed by atoms with Crippen LogP contribution in [0.1, 0.15) is 31.9 Å². The fraction of sp³-hybridized carbons (Fsp3) is 0.350. The molecule has 0 N–H and O–H groups in total. The standard InChI is InChI=1S/C20H26BNO2/c1-20(2,3)24-19(23)22(15-17-7-5-4-6-8-17)14-13-16-9-11-18(21)12-10-16/h4-12H,13-15,21H2,1-3H3. The van der Waals surface area contributed by atoms with Crippen LogP contribution in [0.5, 0.6) is 0 Å². The van der Waals surface area contributed by atoms with Crippen LogP contribution in [0.4, 0.5) is 4.79 Å². The first-order valence-electron chi connectivity index (χ1n) is 8.41. The first kappa shape index (κ1) is 18.1. The molecule has 0 spiro atoms. The summed E-state index contributed by atoms with van der Waals surface area (Å²) in [6.45, 7) is 6.87. The maximum atomic E-state index is 12.5. The molecule has 2 aromatic rings. The van der Waals surface area contributed by atoms with Gasteiger partial charge in [-0.25, -0.2) is 4.79 Å². The smallest absolute Gasteiger partial charge is 0.410 e. The van der Waals surface area contributed by atoms with E-state index in [1.165, 1.54) is 11.0 Å². The Morgan fingerprint density at radius 2 is 1.62 bits per heavy atom. The number of ether oxygens (including phenoxy) is 1. The monoisotopic (exact) mass is 323 g/mol. The van der Waals surface area contributed by atoms with Gasteiger partial charge in [-0.05, 0) is 38.3 Å². The lowest BCUT2D eigenvalue weighted by Crippen LogP contribution is -2.37. The van der Waals surface area contributed by atoms with Gasteiger partial charge in [-0.15, -0.1) is 0 Å². The molecule has 2 aromatic carbocycles.